The Kier molecular flexibility index (Phi) is 3.93. The molecule has 1 aromatic carbocycles. The Balaban J connectivity index is 1.46. The van der Waals surface area contributed by atoms with Crippen LogP contribution in [0, 0.1) is 0 Å². The second-order valence-electron chi connectivity index (χ2n) is 6.57. The Bertz CT molecular complexity index is 635. The summed E-state index contributed by atoms with van der Waals surface area (Å²) in [6.45, 7) is 1.24. The van der Waals surface area contributed by atoms with Crippen molar-refractivity contribution in [3.05, 3.63) is 29.3 Å². The topological polar surface area (TPSA) is 53.9 Å². The summed E-state index contributed by atoms with van der Waals surface area (Å²) in [6.07, 6.45) is 7.58. The molecule has 1 saturated carbocycles. The second-order valence-corrected chi connectivity index (χ2v) is 6.57. The van der Waals surface area contributed by atoms with E-state index in [4.69, 9.17) is 4.74 Å². The van der Waals surface area contributed by atoms with E-state index in [1.54, 1.807) is 4.90 Å². The minimum Gasteiger partial charge on any atom is -0.446 e. The van der Waals surface area contributed by atoms with Crippen LogP contribution in [0.2, 0.25) is 0 Å². The average Bonchev–Trinajstić information content (AvgIpc) is 3.28. The highest BCUT2D eigenvalue weighted by atomic mass is 16.6. The van der Waals surface area contributed by atoms with E-state index in [0.29, 0.717) is 19.0 Å². The first kappa shape index (κ1) is 14.5. The van der Waals surface area contributed by atoms with Gasteiger partial charge >= 0.3 is 6.09 Å². The molecule has 4 rings (SSSR count). The first-order valence-electron chi connectivity index (χ1n) is 8.71. The van der Waals surface area contributed by atoms with Gasteiger partial charge in [0.1, 0.15) is 6.10 Å². The highest BCUT2D eigenvalue weighted by Gasteiger charge is 2.29. The van der Waals surface area contributed by atoms with Gasteiger partial charge in [-0.15, -0.1) is 0 Å². The molecule has 0 atom stereocenters. The van der Waals surface area contributed by atoms with Crippen LogP contribution < -0.4 is 5.32 Å². The Morgan fingerprint density at radius 3 is 2.96 bits per heavy atom. The van der Waals surface area contributed by atoms with Crippen LogP contribution in [0.15, 0.2) is 23.2 Å². The van der Waals surface area contributed by atoms with Gasteiger partial charge in [-0.25, -0.2) is 9.69 Å². The van der Waals surface area contributed by atoms with Crippen LogP contribution in [-0.2, 0) is 17.6 Å². The SMILES string of the molecule is O=C(OC1CCCC1)N1CCN=C1Nc1cccc2c1CCC2. The summed E-state index contributed by atoms with van der Waals surface area (Å²) in [7, 11) is 0. The minimum absolute atomic E-state index is 0.0883. The second kappa shape index (κ2) is 6.22. The summed E-state index contributed by atoms with van der Waals surface area (Å²) >= 11 is 0. The Morgan fingerprint density at radius 2 is 2.09 bits per heavy atom. The summed E-state index contributed by atoms with van der Waals surface area (Å²) in [6, 6.07) is 6.34. The number of amides is 1. The standard InChI is InChI=1S/C18H23N3O2/c22-18(23-14-7-1-2-8-14)21-12-11-19-17(21)20-16-10-4-6-13-5-3-9-15(13)16/h4,6,10,14H,1-3,5,7-9,11-12H2,(H,19,20). The molecule has 3 aliphatic rings. The van der Waals surface area contributed by atoms with Gasteiger partial charge in [0, 0.05) is 5.69 Å². The van der Waals surface area contributed by atoms with Crippen molar-refractivity contribution in [1.82, 2.24) is 4.90 Å². The zero-order valence-corrected chi connectivity index (χ0v) is 13.4. The van der Waals surface area contributed by atoms with E-state index in [-0.39, 0.29) is 12.2 Å². The lowest BCUT2D eigenvalue weighted by molar-refractivity contribution is 0.0831. The van der Waals surface area contributed by atoms with E-state index >= 15 is 0 Å². The number of aliphatic imine (C=N–C) groups is 1. The molecule has 0 bridgehead atoms. The van der Waals surface area contributed by atoms with Crippen molar-refractivity contribution in [3.63, 3.8) is 0 Å². The molecule has 5 nitrogen and oxygen atoms in total. The predicted octanol–water partition coefficient (Wildman–Crippen LogP) is 3.34. The Hall–Kier alpha value is -2.04. The van der Waals surface area contributed by atoms with Gasteiger partial charge in [0.25, 0.3) is 0 Å². The van der Waals surface area contributed by atoms with E-state index in [1.165, 1.54) is 17.5 Å². The first-order chi connectivity index (χ1) is 11.3. The van der Waals surface area contributed by atoms with Gasteiger partial charge in [0.15, 0.2) is 0 Å². The van der Waals surface area contributed by atoms with Crippen LogP contribution in [0.25, 0.3) is 0 Å². The number of anilines is 1. The Labute approximate surface area is 136 Å². The maximum Gasteiger partial charge on any atom is 0.416 e. The van der Waals surface area contributed by atoms with E-state index < -0.39 is 0 Å². The monoisotopic (exact) mass is 313 g/mol. The van der Waals surface area contributed by atoms with Crippen molar-refractivity contribution in [3.8, 4) is 0 Å². The van der Waals surface area contributed by atoms with Crippen molar-refractivity contribution >= 4 is 17.7 Å². The van der Waals surface area contributed by atoms with Crippen LogP contribution in [0.4, 0.5) is 10.5 Å². The molecule has 0 spiro atoms. The molecule has 2 aliphatic carbocycles. The van der Waals surface area contributed by atoms with Gasteiger partial charge in [-0.2, -0.15) is 0 Å². The number of ether oxygens (including phenoxy) is 1. The smallest absolute Gasteiger partial charge is 0.416 e. The first-order valence-corrected chi connectivity index (χ1v) is 8.71. The van der Waals surface area contributed by atoms with Crippen LogP contribution in [0.1, 0.15) is 43.2 Å². The number of nitrogens with zero attached hydrogens (tertiary/aromatic N) is 2. The van der Waals surface area contributed by atoms with E-state index in [2.05, 4.69) is 28.5 Å². The molecular formula is C18H23N3O2. The van der Waals surface area contributed by atoms with Crippen molar-refractivity contribution in [2.24, 2.45) is 4.99 Å². The average molecular weight is 313 g/mol. The fourth-order valence-electron chi connectivity index (χ4n) is 3.80. The number of guanidine groups is 1. The van der Waals surface area contributed by atoms with Gasteiger partial charge in [-0.05, 0) is 62.1 Å². The highest BCUT2D eigenvalue weighted by molar-refractivity contribution is 6.03. The number of fused-ring (bicyclic) bond motifs is 1. The van der Waals surface area contributed by atoms with E-state index in [0.717, 1.165) is 44.2 Å². The van der Waals surface area contributed by atoms with Crippen molar-refractivity contribution < 1.29 is 9.53 Å². The van der Waals surface area contributed by atoms with Crippen LogP contribution >= 0.6 is 0 Å². The molecule has 5 heteroatoms. The maximum atomic E-state index is 12.4. The third-order valence-corrected chi connectivity index (χ3v) is 5.02. The fraction of sp³-hybridized carbons (Fsp3) is 0.556. The summed E-state index contributed by atoms with van der Waals surface area (Å²) in [4.78, 5) is 18.5. The molecule has 23 heavy (non-hydrogen) atoms. The zero-order valence-electron chi connectivity index (χ0n) is 13.4. The van der Waals surface area contributed by atoms with E-state index in [1.807, 2.05) is 0 Å². The van der Waals surface area contributed by atoms with Crippen LogP contribution in [0.3, 0.4) is 0 Å². The molecule has 0 unspecified atom stereocenters. The quantitative estimate of drug-likeness (QED) is 0.911. The van der Waals surface area contributed by atoms with Gasteiger partial charge < -0.3 is 10.1 Å². The molecular weight excluding hydrogens is 290 g/mol. The lowest BCUT2D eigenvalue weighted by Crippen LogP contribution is -2.40. The molecule has 0 saturated heterocycles. The summed E-state index contributed by atoms with van der Waals surface area (Å²) in [5.41, 5.74) is 3.86. The number of aryl methyl sites for hydroxylation is 1. The fourth-order valence-corrected chi connectivity index (χ4v) is 3.80. The Morgan fingerprint density at radius 1 is 1.22 bits per heavy atom. The van der Waals surface area contributed by atoms with Gasteiger partial charge in [0.05, 0.1) is 13.1 Å². The van der Waals surface area contributed by atoms with Crippen LogP contribution in [-0.4, -0.2) is 36.1 Å². The third kappa shape index (κ3) is 2.92. The number of carbonyl (C=O) groups excluding carboxylic acids is 1. The molecule has 1 heterocycles. The largest absolute Gasteiger partial charge is 0.446 e. The lowest BCUT2D eigenvalue weighted by Gasteiger charge is -2.22. The zero-order chi connectivity index (χ0) is 15.6. The molecule has 1 aromatic rings. The normalized spacial score (nSPS) is 20.5. The molecule has 1 N–H and O–H groups in total. The predicted molar refractivity (Wildman–Crippen MR) is 89.8 cm³/mol. The van der Waals surface area contributed by atoms with Crippen molar-refractivity contribution in [1.29, 1.82) is 0 Å². The molecule has 0 aromatic heterocycles. The van der Waals surface area contributed by atoms with Crippen LogP contribution in [0.5, 0.6) is 0 Å². The number of carbonyl (C=O) groups is 1. The number of benzene rings is 1. The van der Waals surface area contributed by atoms with E-state index in [9.17, 15) is 4.79 Å². The van der Waals surface area contributed by atoms with Crippen molar-refractivity contribution in [2.45, 2.75) is 51.0 Å². The summed E-state index contributed by atoms with van der Waals surface area (Å²) in [5.74, 6) is 0.633. The summed E-state index contributed by atoms with van der Waals surface area (Å²) in [5, 5.41) is 3.37. The molecule has 122 valence electrons. The van der Waals surface area contributed by atoms with Gasteiger partial charge in [-0.3, -0.25) is 4.99 Å². The number of hydrogen-bond donors (Lipinski definition) is 1. The molecule has 0 radical (unpaired) electrons. The van der Waals surface area contributed by atoms with Crippen molar-refractivity contribution in [2.75, 3.05) is 18.4 Å². The third-order valence-electron chi connectivity index (χ3n) is 5.02. The minimum atomic E-state index is -0.256. The summed E-state index contributed by atoms with van der Waals surface area (Å²) < 4.78 is 5.62. The molecule has 1 aliphatic heterocycles. The number of rotatable bonds is 2. The molecule has 1 amide bonds. The van der Waals surface area contributed by atoms with Gasteiger partial charge in [0.2, 0.25) is 5.96 Å². The van der Waals surface area contributed by atoms with Gasteiger partial charge in [-0.1, -0.05) is 12.1 Å². The lowest BCUT2D eigenvalue weighted by atomic mass is 10.1. The maximum absolute atomic E-state index is 12.4. The number of nitrogens with one attached hydrogen (secondary N) is 1. The highest BCUT2D eigenvalue weighted by Crippen LogP contribution is 2.29. The molecule has 1 fully saturated rings. The number of hydrogen-bond acceptors (Lipinski definition) is 4.